The molecule has 0 N–H and O–H groups in total. The first-order chi connectivity index (χ1) is 15.5. The molecule has 0 fully saturated rings. The maximum absolute atomic E-state index is 13.8. The maximum Gasteiger partial charge on any atom is 0.308 e. The van der Waals surface area contributed by atoms with Gasteiger partial charge in [-0.05, 0) is 47.0 Å². The smallest absolute Gasteiger partial charge is 0.308 e. The molecule has 0 aliphatic heterocycles. The minimum Gasteiger partial charge on any atom is -0.493 e. The summed E-state index contributed by atoms with van der Waals surface area (Å²) in [5.74, 6) is -0.145. The summed E-state index contributed by atoms with van der Waals surface area (Å²) >= 11 is 0. The number of para-hydroxylation sites is 1. The number of esters is 1. The Hall–Kier alpha value is -3.93. The molecule has 0 heterocycles. The number of rotatable bonds is 9. The summed E-state index contributed by atoms with van der Waals surface area (Å²) < 4.78 is 29.7. The van der Waals surface area contributed by atoms with Crippen LogP contribution in [-0.4, -0.2) is 18.9 Å². The topological polar surface area (TPSA) is 61.8 Å². The normalized spacial score (nSPS) is 10.7. The van der Waals surface area contributed by atoms with Gasteiger partial charge in [0.15, 0.2) is 28.8 Å². The van der Waals surface area contributed by atoms with Gasteiger partial charge in [0.1, 0.15) is 6.61 Å². The highest BCUT2D eigenvalue weighted by molar-refractivity contribution is 5.95. The van der Waals surface area contributed by atoms with Crippen molar-refractivity contribution in [2.24, 2.45) is 0 Å². The summed E-state index contributed by atoms with van der Waals surface area (Å²) in [7, 11) is 1.48. The summed E-state index contributed by atoms with van der Waals surface area (Å²) in [6, 6.07) is 18.6. The number of benzene rings is 3. The summed E-state index contributed by atoms with van der Waals surface area (Å²) in [6.07, 6.45) is 3.28. The molecule has 0 spiro atoms. The zero-order valence-electron chi connectivity index (χ0n) is 17.8. The average Bonchev–Trinajstić information content (AvgIpc) is 2.78. The molecular weight excluding hydrogens is 411 g/mol. The highest BCUT2D eigenvalue weighted by Crippen LogP contribution is 2.28. The molecule has 0 saturated carbocycles. The Morgan fingerprint density at radius 2 is 1.62 bits per heavy atom. The molecule has 0 saturated heterocycles. The predicted molar refractivity (Wildman–Crippen MR) is 119 cm³/mol. The van der Waals surface area contributed by atoms with Crippen molar-refractivity contribution in [2.45, 2.75) is 20.0 Å². The Morgan fingerprint density at radius 1 is 0.906 bits per heavy atom. The molecule has 32 heavy (non-hydrogen) atoms. The number of hydrogen-bond donors (Lipinski definition) is 0. The van der Waals surface area contributed by atoms with Crippen molar-refractivity contribution in [3.8, 4) is 17.2 Å². The van der Waals surface area contributed by atoms with E-state index in [-0.39, 0.29) is 30.3 Å². The van der Waals surface area contributed by atoms with Gasteiger partial charge in [-0.1, -0.05) is 48.5 Å². The van der Waals surface area contributed by atoms with Gasteiger partial charge in [-0.3, -0.25) is 9.59 Å². The monoisotopic (exact) mass is 434 g/mol. The van der Waals surface area contributed by atoms with Crippen LogP contribution in [0.1, 0.15) is 23.6 Å². The Morgan fingerprint density at radius 3 is 2.34 bits per heavy atom. The van der Waals surface area contributed by atoms with E-state index in [1.807, 2.05) is 24.3 Å². The summed E-state index contributed by atoms with van der Waals surface area (Å²) in [4.78, 5) is 23.8. The van der Waals surface area contributed by atoms with Gasteiger partial charge in [-0.15, -0.1) is 0 Å². The minimum atomic E-state index is -0.463. The van der Waals surface area contributed by atoms with E-state index in [2.05, 4.69) is 0 Å². The maximum atomic E-state index is 13.8. The molecule has 3 aromatic rings. The third-order valence-electron chi connectivity index (χ3n) is 4.61. The van der Waals surface area contributed by atoms with E-state index in [0.717, 1.165) is 11.1 Å². The zero-order valence-corrected chi connectivity index (χ0v) is 17.8. The van der Waals surface area contributed by atoms with E-state index in [1.54, 1.807) is 42.5 Å². The van der Waals surface area contributed by atoms with E-state index in [0.29, 0.717) is 11.3 Å². The van der Waals surface area contributed by atoms with Crippen molar-refractivity contribution >= 4 is 17.8 Å². The highest BCUT2D eigenvalue weighted by Gasteiger charge is 2.10. The van der Waals surface area contributed by atoms with Crippen molar-refractivity contribution in [1.82, 2.24) is 0 Å². The molecule has 3 rings (SSSR count). The molecule has 0 aliphatic rings. The number of ether oxygens (including phenoxy) is 3. The van der Waals surface area contributed by atoms with Crippen LogP contribution in [0.15, 0.2) is 72.8 Å². The fourth-order valence-corrected chi connectivity index (χ4v) is 3.06. The van der Waals surface area contributed by atoms with Gasteiger partial charge in [-0.2, -0.15) is 0 Å². The van der Waals surface area contributed by atoms with Gasteiger partial charge in [0.05, 0.1) is 7.11 Å². The van der Waals surface area contributed by atoms with Crippen LogP contribution >= 0.6 is 0 Å². The van der Waals surface area contributed by atoms with Gasteiger partial charge < -0.3 is 14.2 Å². The molecular formula is C26H23FO5. The fraction of sp³-hybridized carbons (Fsp3) is 0.154. The molecule has 0 bridgehead atoms. The lowest BCUT2D eigenvalue weighted by atomic mass is 10.0. The van der Waals surface area contributed by atoms with Gasteiger partial charge >= 0.3 is 5.97 Å². The van der Waals surface area contributed by atoms with Crippen LogP contribution in [0, 0.1) is 5.82 Å². The first-order valence-electron chi connectivity index (χ1n) is 9.97. The minimum absolute atomic E-state index is 0.117. The largest absolute Gasteiger partial charge is 0.493 e. The van der Waals surface area contributed by atoms with Crippen LogP contribution in [0.25, 0.3) is 6.08 Å². The van der Waals surface area contributed by atoms with E-state index in [9.17, 15) is 14.0 Å². The van der Waals surface area contributed by atoms with E-state index in [1.165, 1.54) is 26.2 Å². The van der Waals surface area contributed by atoms with Crippen LogP contribution in [0.3, 0.4) is 0 Å². The second-order valence-electron chi connectivity index (χ2n) is 6.97. The molecule has 6 heteroatoms. The SMILES string of the molecule is COc1ccc(/C=C/C(=O)Cc2ccccc2COc2ccccc2F)cc1OC(C)=O. The lowest BCUT2D eigenvalue weighted by Crippen LogP contribution is -2.05. The third-order valence-corrected chi connectivity index (χ3v) is 4.61. The Labute approximate surface area is 186 Å². The van der Waals surface area contributed by atoms with Crippen molar-refractivity contribution in [3.63, 3.8) is 0 Å². The van der Waals surface area contributed by atoms with Gasteiger partial charge in [-0.25, -0.2) is 4.39 Å². The van der Waals surface area contributed by atoms with Crippen LogP contribution in [-0.2, 0) is 22.6 Å². The molecule has 3 aromatic carbocycles. The Kier molecular flexibility index (Phi) is 7.75. The summed E-state index contributed by atoms with van der Waals surface area (Å²) in [5.41, 5.74) is 2.29. The van der Waals surface area contributed by atoms with Gasteiger partial charge in [0, 0.05) is 13.3 Å². The molecule has 5 nitrogen and oxygen atoms in total. The van der Waals surface area contributed by atoms with Crippen LogP contribution in [0.5, 0.6) is 17.2 Å². The molecule has 0 unspecified atom stereocenters. The van der Waals surface area contributed by atoms with Gasteiger partial charge in [0.2, 0.25) is 0 Å². The predicted octanol–water partition coefficient (Wildman–Crippen LogP) is 5.16. The van der Waals surface area contributed by atoms with E-state index < -0.39 is 11.8 Å². The number of halogens is 1. The number of methoxy groups -OCH3 is 1. The standard InChI is InChI=1S/C26H23FO5/c1-18(28)32-26-15-19(12-14-25(26)30-2)11-13-22(29)16-20-7-3-4-8-21(20)17-31-24-10-6-5-9-23(24)27/h3-15H,16-17H2,1-2H3/b13-11+. The van der Waals surface area contributed by atoms with E-state index >= 15 is 0 Å². The summed E-state index contributed by atoms with van der Waals surface area (Å²) in [6.45, 7) is 1.46. The van der Waals surface area contributed by atoms with Crippen LogP contribution < -0.4 is 14.2 Å². The summed E-state index contributed by atoms with van der Waals surface area (Å²) in [5, 5.41) is 0. The number of carbonyl (C=O) groups is 2. The van der Waals surface area contributed by atoms with Crippen molar-refractivity contribution in [3.05, 3.63) is 95.3 Å². The first kappa shape index (κ1) is 22.7. The number of allylic oxidation sites excluding steroid dienone is 1. The number of carbonyl (C=O) groups excluding carboxylic acids is 2. The quantitative estimate of drug-likeness (QED) is 0.264. The van der Waals surface area contributed by atoms with Crippen molar-refractivity contribution in [1.29, 1.82) is 0 Å². The van der Waals surface area contributed by atoms with Crippen molar-refractivity contribution < 1.29 is 28.2 Å². The van der Waals surface area contributed by atoms with Crippen molar-refractivity contribution in [2.75, 3.05) is 7.11 Å². The second-order valence-corrected chi connectivity index (χ2v) is 6.97. The van der Waals surface area contributed by atoms with Crippen LogP contribution in [0.2, 0.25) is 0 Å². The Bertz CT molecular complexity index is 1140. The molecule has 164 valence electrons. The molecule has 0 amide bonds. The van der Waals surface area contributed by atoms with Crippen LogP contribution in [0.4, 0.5) is 4.39 Å². The Balaban J connectivity index is 1.68. The lowest BCUT2D eigenvalue weighted by Gasteiger charge is -2.11. The molecule has 0 radical (unpaired) electrons. The molecule has 0 aliphatic carbocycles. The second kappa shape index (κ2) is 10.9. The highest BCUT2D eigenvalue weighted by atomic mass is 19.1. The lowest BCUT2D eigenvalue weighted by molar-refractivity contribution is -0.132. The first-order valence-corrected chi connectivity index (χ1v) is 9.97. The number of hydrogen-bond acceptors (Lipinski definition) is 5. The third kappa shape index (κ3) is 6.28. The van der Waals surface area contributed by atoms with E-state index in [4.69, 9.17) is 14.2 Å². The average molecular weight is 434 g/mol. The molecule has 0 aromatic heterocycles. The number of ketones is 1. The fourth-order valence-electron chi connectivity index (χ4n) is 3.06. The molecule has 0 atom stereocenters. The zero-order chi connectivity index (χ0) is 22.9. The van der Waals surface area contributed by atoms with Gasteiger partial charge in [0.25, 0.3) is 0 Å².